The van der Waals surface area contributed by atoms with Gasteiger partial charge < -0.3 is 14.3 Å². The van der Waals surface area contributed by atoms with Crippen molar-refractivity contribution >= 4 is 0 Å². The van der Waals surface area contributed by atoms with Crippen molar-refractivity contribution in [3.05, 3.63) is 47.4 Å². The summed E-state index contributed by atoms with van der Waals surface area (Å²) < 4.78 is 11.7. The fraction of sp³-hybridized carbons (Fsp3) is 0.524. The third-order valence-corrected chi connectivity index (χ3v) is 7.31. The molecule has 1 spiro atoms. The lowest BCUT2D eigenvalue weighted by Crippen LogP contribution is -2.63. The number of nitrogens with zero attached hydrogens (tertiary/aromatic N) is 1. The van der Waals surface area contributed by atoms with E-state index in [-0.39, 0.29) is 11.5 Å². The number of piperidine rings is 1. The number of furan rings is 1. The standard InChI is InChI=1S/C21H23NO3/c23-17-5-4-14-10-16-15-2-1-3-18-21(15,19(14)20(17)25-18)7-8-22(16)11-13-6-9-24-12-13/h4-6,9,12,15-16,18,23H,1-3,7-8,10-11H2/t15-,16-,18+,21+/m1/s1. The van der Waals surface area contributed by atoms with Gasteiger partial charge in [0.15, 0.2) is 11.5 Å². The van der Waals surface area contributed by atoms with Crippen molar-refractivity contribution in [2.24, 2.45) is 5.92 Å². The molecule has 1 saturated heterocycles. The highest BCUT2D eigenvalue weighted by Crippen LogP contribution is 2.63. The summed E-state index contributed by atoms with van der Waals surface area (Å²) in [6, 6.07) is 6.62. The van der Waals surface area contributed by atoms with Crippen LogP contribution in [0.2, 0.25) is 0 Å². The minimum atomic E-state index is 0.136. The van der Waals surface area contributed by atoms with Gasteiger partial charge in [0.25, 0.3) is 0 Å². The SMILES string of the molecule is Oc1ccc2c3c1O[C@H]1CCC[C@@H]4[C@@H](C2)N(Cc2ccoc2)CC[C@@]314. The Kier molecular flexibility index (Phi) is 2.75. The van der Waals surface area contributed by atoms with E-state index in [4.69, 9.17) is 9.15 Å². The Hall–Kier alpha value is -1.94. The van der Waals surface area contributed by atoms with Crippen LogP contribution in [0.25, 0.3) is 0 Å². The summed E-state index contributed by atoms with van der Waals surface area (Å²) in [5.74, 6) is 1.78. The number of benzene rings is 1. The molecule has 2 bridgehead atoms. The van der Waals surface area contributed by atoms with Crippen molar-refractivity contribution in [1.29, 1.82) is 0 Å². The molecule has 4 heteroatoms. The van der Waals surface area contributed by atoms with Gasteiger partial charge in [0.2, 0.25) is 0 Å². The Morgan fingerprint density at radius 1 is 1.24 bits per heavy atom. The third kappa shape index (κ3) is 1.71. The molecule has 1 N–H and O–H groups in total. The van der Waals surface area contributed by atoms with E-state index < -0.39 is 0 Å². The molecule has 0 amide bonds. The maximum absolute atomic E-state index is 10.4. The van der Waals surface area contributed by atoms with Crippen molar-refractivity contribution in [2.45, 2.75) is 56.2 Å². The molecule has 1 aromatic heterocycles. The number of hydrogen-bond acceptors (Lipinski definition) is 4. The van der Waals surface area contributed by atoms with Gasteiger partial charge >= 0.3 is 0 Å². The second-order valence-electron chi connectivity index (χ2n) is 8.26. The zero-order valence-corrected chi connectivity index (χ0v) is 14.3. The predicted molar refractivity (Wildman–Crippen MR) is 92.8 cm³/mol. The maximum Gasteiger partial charge on any atom is 0.165 e. The number of phenolic OH excluding ortho intramolecular Hbond substituents is 1. The van der Waals surface area contributed by atoms with Gasteiger partial charge in [0.1, 0.15) is 6.10 Å². The molecule has 4 atom stereocenters. The summed E-state index contributed by atoms with van der Waals surface area (Å²) in [6.07, 6.45) is 9.75. The van der Waals surface area contributed by atoms with Crippen molar-refractivity contribution in [1.82, 2.24) is 4.90 Å². The highest BCUT2D eigenvalue weighted by Gasteiger charge is 2.63. The predicted octanol–water partition coefficient (Wildman–Crippen LogP) is 3.61. The molecule has 4 aliphatic rings. The van der Waals surface area contributed by atoms with Gasteiger partial charge in [-0.05, 0) is 62.3 Å². The third-order valence-electron chi connectivity index (χ3n) is 7.31. The van der Waals surface area contributed by atoms with E-state index in [2.05, 4.69) is 17.0 Å². The van der Waals surface area contributed by atoms with E-state index in [9.17, 15) is 5.11 Å². The van der Waals surface area contributed by atoms with Gasteiger partial charge in [0.05, 0.1) is 12.5 Å². The Labute approximate surface area is 147 Å². The van der Waals surface area contributed by atoms with E-state index in [0.717, 1.165) is 38.1 Å². The second-order valence-corrected chi connectivity index (χ2v) is 8.26. The van der Waals surface area contributed by atoms with Gasteiger partial charge in [-0.3, -0.25) is 4.90 Å². The van der Waals surface area contributed by atoms with E-state index in [0.29, 0.717) is 17.7 Å². The molecule has 3 heterocycles. The van der Waals surface area contributed by atoms with Crippen LogP contribution < -0.4 is 4.74 Å². The summed E-state index contributed by atoms with van der Waals surface area (Å²) in [5, 5.41) is 10.4. The fourth-order valence-electron chi connectivity index (χ4n) is 6.41. The summed E-state index contributed by atoms with van der Waals surface area (Å²) in [7, 11) is 0. The van der Waals surface area contributed by atoms with Crippen LogP contribution in [0.5, 0.6) is 11.5 Å². The lowest BCUT2D eigenvalue weighted by Gasteiger charge is -2.58. The second kappa shape index (κ2) is 4.82. The molecule has 2 aromatic rings. The Morgan fingerprint density at radius 3 is 3.08 bits per heavy atom. The lowest BCUT2D eigenvalue weighted by molar-refractivity contribution is -0.0547. The number of likely N-dealkylation sites (tertiary alicyclic amines) is 1. The minimum absolute atomic E-state index is 0.136. The highest BCUT2D eigenvalue weighted by atomic mass is 16.5. The molecule has 25 heavy (non-hydrogen) atoms. The summed E-state index contributed by atoms with van der Waals surface area (Å²) >= 11 is 0. The summed E-state index contributed by atoms with van der Waals surface area (Å²) in [6.45, 7) is 2.07. The monoisotopic (exact) mass is 337 g/mol. The van der Waals surface area contributed by atoms with Gasteiger partial charge in [0, 0.05) is 29.1 Å². The van der Waals surface area contributed by atoms with Gasteiger partial charge in [-0.25, -0.2) is 0 Å². The van der Waals surface area contributed by atoms with Gasteiger partial charge in [-0.2, -0.15) is 0 Å². The molecule has 4 nitrogen and oxygen atoms in total. The Balaban J connectivity index is 1.48. The van der Waals surface area contributed by atoms with Crippen LogP contribution in [0.1, 0.15) is 42.4 Å². The van der Waals surface area contributed by atoms with Crippen LogP contribution in [0.4, 0.5) is 0 Å². The molecular weight excluding hydrogens is 314 g/mol. The lowest BCUT2D eigenvalue weighted by atomic mass is 9.52. The number of rotatable bonds is 2. The first-order valence-electron chi connectivity index (χ1n) is 9.54. The Bertz CT molecular complexity index is 830. The molecule has 0 radical (unpaired) electrons. The van der Waals surface area contributed by atoms with Crippen molar-refractivity contribution in [2.75, 3.05) is 6.54 Å². The van der Waals surface area contributed by atoms with E-state index in [1.54, 1.807) is 6.26 Å². The van der Waals surface area contributed by atoms with Crippen molar-refractivity contribution < 1.29 is 14.3 Å². The quantitative estimate of drug-likeness (QED) is 0.909. The molecule has 1 aromatic carbocycles. The first kappa shape index (κ1) is 14.3. The summed E-state index contributed by atoms with van der Waals surface area (Å²) in [4.78, 5) is 2.66. The number of hydrogen-bond donors (Lipinski definition) is 1. The zero-order chi connectivity index (χ0) is 16.6. The van der Waals surface area contributed by atoms with E-state index >= 15 is 0 Å². The number of ether oxygens (including phenoxy) is 1. The van der Waals surface area contributed by atoms with Crippen LogP contribution in [0.3, 0.4) is 0 Å². The largest absolute Gasteiger partial charge is 0.504 e. The molecular formula is C21H23NO3. The van der Waals surface area contributed by atoms with Crippen LogP contribution in [-0.4, -0.2) is 28.7 Å². The number of aromatic hydroxyl groups is 1. The average Bonchev–Trinajstić information content (AvgIpc) is 3.24. The fourth-order valence-corrected chi connectivity index (χ4v) is 6.41. The van der Waals surface area contributed by atoms with Gasteiger partial charge in [-0.1, -0.05) is 6.07 Å². The van der Waals surface area contributed by atoms with Crippen LogP contribution in [0, 0.1) is 5.92 Å². The highest BCUT2D eigenvalue weighted by molar-refractivity contribution is 5.60. The minimum Gasteiger partial charge on any atom is -0.504 e. The normalized spacial score (nSPS) is 35.3. The molecule has 6 rings (SSSR count). The molecule has 2 aliphatic carbocycles. The number of phenols is 1. The van der Waals surface area contributed by atoms with Crippen LogP contribution >= 0.6 is 0 Å². The van der Waals surface area contributed by atoms with Crippen molar-refractivity contribution in [3.63, 3.8) is 0 Å². The smallest absolute Gasteiger partial charge is 0.165 e. The average molecular weight is 337 g/mol. The Morgan fingerprint density at radius 2 is 2.20 bits per heavy atom. The molecule has 2 fully saturated rings. The molecule has 0 unspecified atom stereocenters. The summed E-state index contributed by atoms with van der Waals surface area (Å²) in [5.41, 5.74) is 4.16. The van der Waals surface area contributed by atoms with Gasteiger partial charge in [-0.15, -0.1) is 0 Å². The zero-order valence-electron chi connectivity index (χ0n) is 14.3. The topological polar surface area (TPSA) is 45.8 Å². The van der Waals surface area contributed by atoms with E-state index in [1.807, 2.05) is 12.3 Å². The maximum atomic E-state index is 10.4. The van der Waals surface area contributed by atoms with Crippen LogP contribution in [0.15, 0.2) is 35.1 Å². The van der Waals surface area contributed by atoms with Crippen LogP contribution in [-0.2, 0) is 18.4 Å². The first-order valence-corrected chi connectivity index (χ1v) is 9.54. The van der Waals surface area contributed by atoms with E-state index in [1.165, 1.54) is 29.5 Å². The van der Waals surface area contributed by atoms with Crippen molar-refractivity contribution in [3.8, 4) is 11.5 Å². The first-order chi connectivity index (χ1) is 12.3. The molecule has 2 aliphatic heterocycles. The molecule has 130 valence electrons. The molecule has 1 saturated carbocycles.